The van der Waals surface area contributed by atoms with Crippen molar-refractivity contribution in [3.63, 3.8) is 0 Å². The summed E-state index contributed by atoms with van der Waals surface area (Å²) in [5.41, 5.74) is 0.129. The molecule has 3 rings (SSSR count). The molecular weight excluding hydrogens is 472 g/mol. The number of aliphatic hydroxyl groups excluding tert-OH is 1. The fourth-order valence-electron chi connectivity index (χ4n) is 5.35. The summed E-state index contributed by atoms with van der Waals surface area (Å²) in [4.78, 5) is 25.0. The molecular formula is C27H37ClO5S. The molecule has 1 heterocycles. The quantitative estimate of drug-likeness (QED) is 0.203. The Labute approximate surface area is 212 Å². The number of allylic oxidation sites excluding steroid dienone is 2. The van der Waals surface area contributed by atoms with Gasteiger partial charge >= 0.3 is 5.97 Å². The predicted octanol–water partition coefficient (Wildman–Crippen LogP) is 5.93. The van der Waals surface area contributed by atoms with Crippen LogP contribution >= 0.6 is 22.9 Å². The van der Waals surface area contributed by atoms with E-state index in [4.69, 9.17) is 16.3 Å². The first-order valence-corrected chi connectivity index (χ1v) is 13.4. The molecule has 0 spiro atoms. The Morgan fingerprint density at radius 2 is 2.09 bits per heavy atom. The molecule has 4 atom stereocenters. The summed E-state index contributed by atoms with van der Waals surface area (Å²) >= 11 is 7.78. The van der Waals surface area contributed by atoms with Crippen molar-refractivity contribution >= 4 is 34.7 Å². The monoisotopic (exact) mass is 508 g/mol. The van der Waals surface area contributed by atoms with Crippen LogP contribution in [-0.2, 0) is 25.5 Å². The number of ether oxygens (including phenoxy) is 2. The van der Waals surface area contributed by atoms with Crippen LogP contribution in [-0.4, -0.2) is 43.3 Å². The van der Waals surface area contributed by atoms with E-state index in [1.165, 1.54) is 18.4 Å². The number of Topliss-reactive ketones (excluding diaryl/α,β-unsaturated/α-hetero) is 1. The number of ketones is 1. The highest BCUT2D eigenvalue weighted by Crippen LogP contribution is 2.49. The van der Waals surface area contributed by atoms with E-state index in [0.29, 0.717) is 12.8 Å². The van der Waals surface area contributed by atoms with E-state index in [9.17, 15) is 14.7 Å². The molecule has 0 aliphatic heterocycles. The lowest BCUT2D eigenvalue weighted by molar-refractivity contribution is -0.140. The van der Waals surface area contributed by atoms with E-state index in [0.717, 1.165) is 42.9 Å². The first-order chi connectivity index (χ1) is 16.4. The van der Waals surface area contributed by atoms with Crippen LogP contribution in [0.2, 0.25) is 4.34 Å². The molecule has 0 amide bonds. The number of carbonyl (C=O) groups is 2. The normalized spacial score (nSPS) is 25.2. The molecule has 0 radical (unpaired) electrons. The molecule has 2 aliphatic rings. The lowest BCUT2D eigenvalue weighted by Crippen LogP contribution is -2.44. The lowest BCUT2D eigenvalue weighted by Gasteiger charge is -2.47. The van der Waals surface area contributed by atoms with Crippen molar-refractivity contribution in [1.29, 1.82) is 0 Å². The van der Waals surface area contributed by atoms with Crippen LogP contribution < -0.4 is 0 Å². The van der Waals surface area contributed by atoms with Crippen LogP contribution in [0.4, 0.5) is 0 Å². The Kier molecular flexibility index (Phi) is 10.4. The van der Waals surface area contributed by atoms with E-state index in [1.807, 2.05) is 24.3 Å². The van der Waals surface area contributed by atoms with E-state index < -0.39 is 6.10 Å². The number of thiophene rings is 1. The van der Waals surface area contributed by atoms with E-state index in [2.05, 4.69) is 16.9 Å². The molecule has 0 bridgehead atoms. The fraction of sp³-hybridized carbons (Fsp3) is 0.630. The Balaban J connectivity index is 1.55. The number of methoxy groups -OCH3 is 2. The second kappa shape index (κ2) is 13.0. The van der Waals surface area contributed by atoms with Gasteiger partial charge in [0.25, 0.3) is 0 Å². The second-order valence-electron chi connectivity index (χ2n) is 9.58. The molecule has 34 heavy (non-hydrogen) atoms. The van der Waals surface area contributed by atoms with Crippen molar-refractivity contribution in [1.82, 2.24) is 0 Å². The van der Waals surface area contributed by atoms with E-state index in [1.54, 1.807) is 18.4 Å². The molecule has 2 aliphatic carbocycles. The number of aliphatic hydroxyl groups is 1. The molecule has 5 nitrogen and oxygen atoms in total. The average molecular weight is 509 g/mol. The molecule has 1 N–H and O–H groups in total. The number of halogens is 1. The van der Waals surface area contributed by atoms with Crippen LogP contribution in [0.3, 0.4) is 0 Å². The summed E-state index contributed by atoms with van der Waals surface area (Å²) in [6.45, 7) is 0. The topological polar surface area (TPSA) is 72.8 Å². The number of hydrogen-bond donors (Lipinski definition) is 1. The van der Waals surface area contributed by atoms with Crippen molar-refractivity contribution in [2.45, 2.75) is 76.4 Å². The van der Waals surface area contributed by atoms with E-state index in [-0.39, 0.29) is 41.5 Å². The Bertz CT molecular complexity index is 872. The van der Waals surface area contributed by atoms with Crippen LogP contribution in [0.1, 0.15) is 62.7 Å². The Hall–Kier alpha value is -1.47. The minimum absolute atomic E-state index is 0.0979. The first kappa shape index (κ1) is 27.1. The van der Waals surface area contributed by atoms with Gasteiger partial charge in [-0.25, -0.2) is 0 Å². The summed E-state index contributed by atoms with van der Waals surface area (Å²) in [5, 5.41) is 10.5. The largest absolute Gasteiger partial charge is 0.469 e. The third-order valence-electron chi connectivity index (χ3n) is 7.45. The van der Waals surface area contributed by atoms with Crippen LogP contribution in [0, 0.1) is 17.3 Å². The molecule has 1 aromatic rings. The van der Waals surface area contributed by atoms with Crippen molar-refractivity contribution in [3.05, 3.63) is 45.7 Å². The van der Waals surface area contributed by atoms with Gasteiger partial charge in [0.1, 0.15) is 5.78 Å². The maximum atomic E-state index is 12.5. The predicted molar refractivity (Wildman–Crippen MR) is 136 cm³/mol. The molecule has 188 valence electrons. The molecule has 0 aromatic carbocycles. The lowest BCUT2D eigenvalue weighted by atomic mass is 9.62. The zero-order valence-corrected chi connectivity index (χ0v) is 21.8. The van der Waals surface area contributed by atoms with Gasteiger partial charge in [0.2, 0.25) is 0 Å². The minimum atomic E-state index is -0.631. The maximum absolute atomic E-state index is 12.5. The fourth-order valence-corrected chi connectivity index (χ4v) is 6.59. The zero-order chi connectivity index (χ0) is 24.6. The third-order valence-corrected chi connectivity index (χ3v) is 8.68. The molecule has 1 aromatic heterocycles. The van der Waals surface area contributed by atoms with Gasteiger partial charge in [0.15, 0.2) is 0 Å². The number of unbranched alkanes of at least 4 members (excludes halogenated alkanes) is 1. The number of rotatable bonds is 13. The van der Waals surface area contributed by atoms with Gasteiger partial charge in [-0.15, -0.1) is 11.3 Å². The summed E-state index contributed by atoms with van der Waals surface area (Å²) in [6, 6.07) is 4.07. The molecule has 7 heteroatoms. The molecule has 1 unspecified atom stereocenters. The Morgan fingerprint density at radius 3 is 2.71 bits per heavy atom. The number of hydrogen-bond acceptors (Lipinski definition) is 6. The summed E-state index contributed by atoms with van der Waals surface area (Å²) in [7, 11) is 3.17. The van der Waals surface area contributed by atoms with Crippen LogP contribution in [0.25, 0.3) is 0 Å². The van der Waals surface area contributed by atoms with Crippen molar-refractivity contribution in [3.8, 4) is 0 Å². The van der Waals surface area contributed by atoms with Crippen LogP contribution in [0.15, 0.2) is 36.4 Å². The van der Waals surface area contributed by atoms with Crippen LogP contribution in [0.5, 0.6) is 0 Å². The van der Waals surface area contributed by atoms with Crippen molar-refractivity contribution in [2.24, 2.45) is 17.3 Å². The SMILES string of the molecule is COC(=O)CCC/C=C\C[C@H]1C(=O)C[C@@H](O)[C@@H]1/C=C/CC(OC)C1(Cc2ccc(Cl)s2)CCC1. The summed E-state index contributed by atoms with van der Waals surface area (Å²) in [6.07, 6.45) is 15.6. The number of carbonyl (C=O) groups excluding carboxylic acids is 2. The minimum Gasteiger partial charge on any atom is -0.469 e. The van der Waals surface area contributed by atoms with Crippen molar-refractivity contribution < 1.29 is 24.2 Å². The molecule has 2 fully saturated rings. The van der Waals surface area contributed by atoms with Crippen molar-refractivity contribution in [2.75, 3.05) is 14.2 Å². The van der Waals surface area contributed by atoms with Gasteiger partial charge in [-0.05, 0) is 57.1 Å². The highest BCUT2D eigenvalue weighted by Gasteiger charge is 2.44. The Morgan fingerprint density at radius 1 is 1.29 bits per heavy atom. The van der Waals surface area contributed by atoms with Gasteiger partial charge in [-0.1, -0.05) is 42.3 Å². The van der Waals surface area contributed by atoms with Gasteiger partial charge in [-0.2, -0.15) is 0 Å². The smallest absolute Gasteiger partial charge is 0.305 e. The third kappa shape index (κ3) is 7.03. The standard InChI is InChI=1S/C27H37ClO5S/c1-32-24(27(15-8-16-27)18-19-13-14-25(28)34-19)11-7-10-21-20(22(29)17-23(21)30)9-5-3-4-6-12-26(31)33-2/h3,5,7,10,13-14,20-21,23-24,30H,4,6,8-9,11-12,15-18H2,1-2H3/b5-3-,10-7+/t20-,21-,23-,24?/m1/s1. The highest BCUT2D eigenvalue weighted by atomic mass is 35.5. The summed E-state index contributed by atoms with van der Waals surface area (Å²) < 4.78 is 11.4. The van der Waals surface area contributed by atoms with Gasteiger partial charge in [-0.3, -0.25) is 9.59 Å². The maximum Gasteiger partial charge on any atom is 0.305 e. The highest BCUT2D eigenvalue weighted by molar-refractivity contribution is 7.16. The summed E-state index contributed by atoms with van der Waals surface area (Å²) in [5.74, 6) is -0.451. The zero-order valence-electron chi connectivity index (χ0n) is 20.2. The van der Waals surface area contributed by atoms with Gasteiger partial charge in [0.05, 0.1) is 23.7 Å². The molecule has 2 saturated carbocycles. The first-order valence-electron chi connectivity index (χ1n) is 12.2. The molecule has 0 saturated heterocycles. The number of esters is 1. The van der Waals surface area contributed by atoms with Gasteiger partial charge < -0.3 is 14.6 Å². The average Bonchev–Trinajstić information content (AvgIpc) is 3.32. The van der Waals surface area contributed by atoms with E-state index >= 15 is 0 Å². The second-order valence-corrected chi connectivity index (χ2v) is 11.4. The van der Waals surface area contributed by atoms with Gasteiger partial charge in [0, 0.05) is 42.1 Å².